The first kappa shape index (κ1) is 24.5. The van der Waals surface area contributed by atoms with E-state index in [4.69, 9.17) is 16.1 Å². The number of nitrogens with two attached hydrogens (primary N) is 1. The highest BCUT2D eigenvalue weighted by Crippen LogP contribution is 2.34. The summed E-state index contributed by atoms with van der Waals surface area (Å²) < 4.78 is 0. The number of rotatable bonds is 4. The number of aryl methyl sites for hydroxylation is 2. The number of hydrogen-bond acceptors (Lipinski definition) is 5. The molecule has 174 valence electrons. The molecule has 0 spiro atoms. The van der Waals surface area contributed by atoms with E-state index in [1.165, 1.54) is 11.8 Å². The zero-order valence-electron chi connectivity index (χ0n) is 19.4. The number of nitrogens with zero attached hydrogens (tertiary/aromatic N) is 3. The third-order valence-corrected chi connectivity index (χ3v) is 5.78. The minimum Gasteiger partial charge on any atom is -0.481 e. The normalized spacial score (nSPS) is 14.3. The van der Waals surface area contributed by atoms with Gasteiger partial charge in [-0.3, -0.25) is 9.59 Å². The quantitative estimate of drug-likeness (QED) is 0.592. The van der Waals surface area contributed by atoms with Crippen molar-refractivity contribution in [2.24, 2.45) is 0 Å². The molecule has 1 aliphatic heterocycles. The summed E-state index contributed by atoms with van der Waals surface area (Å²) in [4.78, 5) is 28.2. The number of carbonyl (C=O) groups is 2. The standard InChI is InChI=1S/C21H23NO3.C6H5N3/c1-14-3-7-19-13-18(10-11-20(19)22(14)15(2)23)17-8-4-16(5-9-17)6-12-21(24)25;7-3-5-1-2-6(8)9-4-5/h4-5,8-11,13-14H,3,6-7,12H2,1-2H3,(H,24,25);1-2,4H,(H2,8,9)/t14-;/m0./s1. The van der Waals surface area contributed by atoms with Gasteiger partial charge in [-0.2, -0.15) is 5.26 Å². The number of aliphatic carboxylic acids is 1. The number of fused-ring (bicyclic) bond motifs is 1. The Morgan fingerprint density at radius 3 is 2.44 bits per heavy atom. The molecule has 1 aromatic heterocycles. The van der Waals surface area contributed by atoms with Crippen LogP contribution in [0.3, 0.4) is 0 Å². The maximum Gasteiger partial charge on any atom is 0.303 e. The molecule has 0 aliphatic carbocycles. The van der Waals surface area contributed by atoms with Gasteiger partial charge in [0.25, 0.3) is 0 Å². The molecule has 4 rings (SSSR count). The van der Waals surface area contributed by atoms with Crippen LogP contribution in [-0.2, 0) is 22.4 Å². The lowest BCUT2D eigenvalue weighted by atomic mass is 9.92. The van der Waals surface area contributed by atoms with Gasteiger partial charge in [0.15, 0.2) is 0 Å². The molecule has 0 saturated carbocycles. The minimum atomic E-state index is -0.775. The first-order chi connectivity index (χ1) is 16.3. The van der Waals surface area contributed by atoms with Crippen LogP contribution >= 0.6 is 0 Å². The second kappa shape index (κ2) is 11.1. The van der Waals surface area contributed by atoms with Gasteiger partial charge in [0.1, 0.15) is 11.9 Å². The van der Waals surface area contributed by atoms with E-state index in [2.05, 4.69) is 24.0 Å². The second-order valence-electron chi connectivity index (χ2n) is 8.29. The van der Waals surface area contributed by atoms with Crippen molar-refractivity contribution >= 4 is 23.4 Å². The summed E-state index contributed by atoms with van der Waals surface area (Å²) in [6, 6.07) is 19.7. The number of carbonyl (C=O) groups excluding carboxylic acids is 1. The summed E-state index contributed by atoms with van der Waals surface area (Å²) >= 11 is 0. The number of nitrogen functional groups attached to an aromatic ring is 1. The first-order valence-electron chi connectivity index (χ1n) is 11.1. The summed E-state index contributed by atoms with van der Waals surface area (Å²) in [7, 11) is 0. The van der Waals surface area contributed by atoms with Crippen molar-refractivity contribution in [3.05, 3.63) is 77.5 Å². The summed E-state index contributed by atoms with van der Waals surface area (Å²) in [6.07, 6.45) is 4.09. The molecule has 3 aromatic rings. The number of nitriles is 1. The third kappa shape index (κ3) is 6.20. The Morgan fingerprint density at radius 2 is 1.85 bits per heavy atom. The van der Waals surface area contributed by atoms with Crippen molar-refractivity contribution in [3.8, 4) is 17.2 Å². The van der Waals surface area contributed by atoms with Crippen molar-refractivity contribution in [2.75, 3.05) is 10.6 Å². The monoisotopic (exact) mass is 456 g/mol. The van der Waals surface area contributed by atoms with Crippen LogP contribution in [0.4, 0.5) is 11.5 Å². The average molecular weight is 457 g/mol. The predicted molar refractivity (Wildman–Crippen MR) is 132 cm³/mol. The van der Waals surface area contributed by atoms with Crippen LogP contribution in [0.2, 0.25) is 0 Å². The molecule has 3 N–H and O–H groups in total. The van der Waals surface area contributed by atoms with E-state index in [0.29, 0.717) is 17.8 Å². The zero-order valence-corrected chi connectivity index (χ0v) is 19.4. The lowest BCUT2D eigenvalue weighted by Crippen LogP contribution is -2.40. The van der Waals surface area contributed by atoms with E-state index in [9.17, 15) is 9.59 Å². The van der Waals surface area contributed by atoms with Gasteiger partial charge in [0.2, 0.25) is 5.91 Å². The molecular weight excluding hydrogens is 428 g/mol. The molecule has 0 radical (unpaired) electrons. The molecule has 1 amide bonds. The number of amides is 1. The van der Waals surface area contributed by atoms with Crippen LogP contribution in [0.1, 0.15) is 43.4 Å². The SMILES string of the molecule is CC(=O)N1c2ccc(-c3ccc(CCC(=O)O)cc3)cc2CC[C@@H]1C.N#Cc1ccc(N)nc1. The maximum atomic E-state index is 12.0. The maximum absolute atomic E-state index is 12.0. The lowest BCUT2D eigenvalue weighted by Gasteiger charge is -2.34. The fourth-order valence-corrected chi connectivity index (χ4v) is 4.00. The van der Waals surface area contributed by atoms with Crippen molar-refractivity contribution in [1.82, 2.24) is 4.98 Å². The average Bonchev–Trinajstić information content (AvgIpc) is 2.83. The summed E-state index contributed by atoms with van der Waals surface area (Å²) in [6.45, 7) is 3.71. The van der Waals surface area contributed by atoms with E-state index in [0.717, 1.165) is 35.2 Å². The number of benzene rings is 2. The van der Waals surface area contributed by atoms with Gasteiger partial charge in [0, 0.05) is 31.3 Å². The Labute approximate surface area is 199 Å². The predicted octanol–water partition coefficient (Wildman–Crippen LogP) is 4.59. The summed E-state index contributed by atoms with van der Waals surface area (Å²) in [5.74, 6) is -0.249. The van der Waals surface area contributed by atoms with Crippen molar-refractivity contribution in [2.45, 2.75) is 45.6 Å². The van der Waals surface area contributed by atoms with Crippen molar-refractivity contribution in [1.29, 1.82) is 5.26 Å². The van der Waals surface area contributed by atoms with Crippen LogP contribution < -0.4 is 10.6 Å². The van der Waals surface area contributed by atoms with E-state index in [-0.39, 0.29) is 18.4 Å². The van der Waals surface area contributed by atoms with Crippen LogP contribution in [0, 0.1) is 11.3 Å². The zero-order chi connectivity index (χ0) is 24.7. The molecule has 2 aromatic carbocycles. The van der Waals surface area contributed by atoms with Gasteiger partial charge in [-0.15, -0.1) is 0 Å². The van der Waals surface area contributed by atoms with Crippen molar-refractivity contribution in [3.63, 3.8) is 0 Å². The Kier molecular flexibility index (Phi) is 7.99. The number of anilines is 2. The molecule has 1 aliphatic rings. The molecule has 0 saturated heterocycles. The molecule has 0 fully saturated rings. The molecule has 1 atom stereocenters. The number of carboxylic acids is 1. The number of carboxylic acid groups (broad SMARTS) is 1. The Hall–Kier alpha value is -4.18. The van der Waals surface area contributed by atoms with Crippen LogP contribution in [-0.4, -0.2) is 28.0 Å². The molecule has 2 heterocycles. The van der Waals surface area contributed by atoms with Gasteiger partial charge >= 0.3 is 5.97 Å². The van der Waals surface area contributed by atoms with Crippen LogP contribution in [0.5, 0.6) is 0 Å². The van der Waals surface area contributed by atoms with Gasteiger partial charge in [-0.05, 0) is 72.7 Å². The molecule has 7 nitrogen and oxygen atoms in total. The van der Waals surface area contributed by atoms with E-state index in [1.807, 2.05) is 41.3 Å². The largest absolute Gasteiger partial charge is 0.481 e. The van der Waals surface area contributed by atoms with Gasteiger partial charge in [0.05, 0.1) is 5.56 Å². The van der Waals surface area contributed by atoms with E-state index < -0.39 is 5.97 Å². The van der Waals surface area contributed by atoms with E-state index >= 15 is 0 Å². The Morgan fingerprint density at radius 1 is 1.15 bits per heavy atom. The van der Waals surface area contributed by atoms with Crippen molar-refractivity contribution < 1.29 is 14.7 Å². The number of aromatic nitrogens is 1. The fraction of sp³-hybridized carbons (Fsp3) is 0.259. The highest BCUT2D eigenvalue weighted by molar-refractivity contribution is 5.94. The van der Waals surface area contributed by atoms with Gasteiger partial charge in [-0.1, -0.05) is 30.3 Å². The summed E-state index contributed by atoms with van der Waals surface area (Å²) in [5.41, 5.74) is 11.3. The number of pyridine rings is 1. The van der Waals surface area contributed by atoms with Crippen LogP contribution in [0.25, 0.3) is 11.1 Å². The summed E-state index contributed by atoms with van der Waals surface area (Å²) in [5, 5.41) is 17.1. The lowest BCUT2D eigenvalue weighted by molar-refractivity contribution is -0.137. The molecule has 34 heavy (non-hydrogen) atoms. The Balaban J connectivity index is 0.000000302. The fourth-order valence-electron chi connectivity index (χ4n) is 4.00. The third-order valence-electron chi connectivity index (χ3n) is 5.78. The van der Waals surface area contributed by atoms with Crippen LogP contribution in [0.15, 0.2) is 60.8 Å². The molecular formula is C27H28N4O3. The second-order valence-corrected chi connectivity index (χ2v) is 8.29. The topological polar surface area (TPSA) is 120 Å². The first-order valence-corrected chi connectivity index (χ1v) is 11.1. The van der Waals surface area contributed by atoms with E-state index in [1.54, 1.807) is 19.1 Å². The minimum absolute atomic E-state index is 0.0870. The molecule has 0 bridgehead atoms. The smallest absolute Gasteiger partial charge is 0.303 e. The highest BCUT2D eigenvalue weighted by atomic mass is 16.4. The highest BCUT2D eigenvalue weighted by Gasteiger charge is 2.26. The van der Waals surface area contributed by atoms with Gasteiger partial charge in [-0.25, -0.2) is 4.98 Å². The molecule has 0 unspecified atom stereocenters. The van der Waals surface area contributed by atoms with Gasteiger partial charge < -0.3 is 15.7 Å². The molecule has 7 heteroatoms. The number of hydrogen-bond donors (Lipinski definition) is 2. The Bertz CT molecular complexity index is 1200.